The van der Waals surface area contributed by atoms with Crippen LogP contribution < -0.4 is 15.0 Å². The second-order valence-electron chi connectivity index (χ2n) is 7.20. The molecular formula is C22H30F3N5O3. The molecule has 0 aliphatic carbocycles. The Morgan fingerprint density at radius 3 is 2.61 bits per heavy atom. The van der Waals surface area contributed by atoms with E-state index in [0.29, 0.717) is 31.6 Å². The van der Waals surface area contributed by atoms with Gasteiger partial charge in [0.25, 0.3) is 5.91 Å². The summed E-state index contributed by atoms with van der Waals surface area (Å²) in [6, 6.07) is 7.57. The number of halogens is 3. The highest BCUT2D eigenvalue weighted by Gasteiger charge is 2.34. The number of nitrogens with one attached hydrogen (secondary N) is 2. The fourth-order valence-electron chi connectivity index (χ4n) is 3.45. The molecule has 3 heterocycles. The summed E-state index contributed by atoms with van der Waals surface area (Å²) in [5, 5.41) is 8.98. The molecule has 2 aromatic rings. The van der Waals surface area contributed by atoms with Gasteiger partial charge in [-0.2, -0.15) is 18.3 Å². The Kier molecular flexibility index (Phi) is 9.27. The standard InChI is InChI=1S/C10H13F3N4O.C10H11NO2.C2H6/c1-14-9(18)8-6-4-17(5-10(11,12)13)3-2-7(6)15-16-8;1-11-8-4-2-3-5-9(8)13-7-6-10(11)12;1-2/h2-5H2,1H3,(H,14,18)(H,15,16);2-5H,6-7H2,1H3;1-2H3. The van der Waals surface area contributed by atoms with Gasteiger partial charge in [0.2, 0.25) is 5.91 Å². The zero-order valence-electron chi connectivity index (χ0n) is 19.3. The number of aromatic amines is 1. The van der Waals surface area contributed by atoms with Crippen LogP contribution >= 0.6 is 0 Å². The van der Waals surface area contributed by atoms with E-state index in [9.17, 15) is 22.8 Å². The molecule has 2 amide bonds. The second-order valence-corrected chi connectivity index (χ2v) is 7.20. The topological polar surface area (TPSA) is 90.6 Å². The molecule has 33 heavy (non-hydrogen) atoms. The number of anilines is 1. The Hall–Kier alpha value is -3.08. The van der Waals surface area contributed by atoms with Crippen molar-refractivity contribution in [3.63, 3.8) is 0 Å². The summed E-state index contributed by atoms with van der Waals surface area (Å²) < 4.78 is 42.4. The van der Waals surface area contributed by atoms with Crippen LogP contribution in [0.4, 0.5) is 18.9 Å². The molecule has 8 nitrogen and oxygen atoms in total. The van der Waals surface area contributed by atoms with Crippen molar-refractivity contribution in [1.29, 1.82) is 0 Å². The van der Waals surface area contributed by atoms with Gasteiger partial charge < -0.3 is 15.0 Å². The van der Waals surface area contributed by atoms with E-state index in [1.54, 1.807) is 11.9 Å². The number of aromatic nitrogens is 2. The molecule has 182 valence electrons. The normalized spacial score (nSPS) is 15.5. The van der Waals surface area contributed by atoms with Crippen LogP contribution in [0.2, 0.25) is 0 Å². The van der Waals surface area contributed by atoms with Gasteiger partial charge in [-0.3, -0.25) is 19.6 Å². The number of hydrogen-bond donors (Lipinski definition) is 2. The summed E-state index contributed by atoms with van der Waals surface area (Å²) in [7, 11) is 3.23. The number of alkyl halides is 3. The van der Waals surface area contributed by atoms with Gasteiger partial charge in [0.1, 0.15) is 5.75 Å². The number of H-pyrrole nitrogens is 1. The number of rotatable bonds is 2. The van der Waals surface area contributed by atoms with Crippen molar-refractivity contribution in [1.82, 2.24) is 20.4 Å². The first kappa shape index (κ1) is 26.2. The third kappa shape index (κ3) is 6.95. The van der Waals surface area contributed by atoms with Crippen molar-refractivity contribution >= 4 is 17.5 Å². The van der Waals surface area contributed by atoms with E-state index in [4.69, 9.17) is 4.74 Å². The Balaban J connectivity index is 0.000000227. The lowest BCUT2D eigenvalue weighted by molar-refractivity contribution is -0.147. The summed E-state index contributed by atoms with van der Waals surface area (Å²) in [5.41, 5.74) is 2.33. The number of ether oxygens (including phenoxy) is 1. The monoisotopic (exact) mass is 469 g/mol. The minimum absolute atomic E-state index is 0.0914. The number of para-hydroxylation sites is 2. The largest absolute Gasteiger partial charge is 0.491 e. The molecule has 11 heteroatoms. The van der Waals surface area contributed by atoms with Crippen LogP contribution in [0.3, 0.4) is 0 Å². The third-order valence-electron chi connectivity index (χ3n) is 5.03. The molecule has 0 atom stereocenters. The smallest absolute Gasteiger partial charge is 0.401 e. The quantitative estimate of drug-likeness (QED) is 0.705. The molecule has 1 aromatic heterocycles. The van der Waals surface area contributed by atoms with Crippen LogP contribution in [0, 0.1) is 0 Å². The lowest BCUT2D eigenvalue weighted by Crippen LogP contribution is -2.38. The van der Waals surface area contributed by atoms with E-state index in [2.05, 4.69) is 15.5 Å². The van der Waals surface area contributed by atoms with Gasteiger partial charge >= 0.3 is 6.18 Å². The molecule has 1 aromatic carbocycles. The minimum atomic E-state index is -4.23. The molecule has 0 saturated heterocycles. The molecule has 2 N–H and O–H groups in total. The summed E-state index contributed by atoms with van der Waals surface area (Å²) in [6.45, 7) is 3.90. The number of fused-ring (bicyclic) bond motifs is 2. The fourth-order valence-corrected chi connectivity index (χ4v) is 3.45. The Labute approximate surface area is 191 Å². The van der Waals surface area contributed by atoms with Crippen LogP contribution in [0.25, 0.3) is 0 Å². The molecule has 0 saturated carbocycles. The van der Waals surface area contributed by atoms with E-state index in [1.807, 2.05) is 38.1 Å². The first-order valence-corrected chi connectivity index (χ1v) is 10.7. The van der Waals surface area contributed by atoms with Crippen molar-refractivity contribution in [2.75, 3.05) is 38.7 Å². The van der Waals surface area contributed by atoms with Gasteiger partial charge in [-0.25, -0.2) is 0 Å². The maximum atomic E-state index is 12.3. The molecule has 2 aliphatic rings. The molecule has 0 bridgehead atoms. The third-order valence-corrected chi connectivity index (χ3v) is 5.03. The predicted molar refractivity (Wildman–Crippen MR) is 118 cm³/mol. The number of nitrogens with zero attached hydrogens (tertiary/aromatic N) is 3. The predicted octanol–water partition coefficient (Wildman–Crippen LogP) is 3.15. The van der Waals surface area contributed by atoms with Crippen LogP contribution in [-0.4, -0.2) is 66.9 Å². The highest BCUT2D eigenvalue weighted by Crippen LogP contribution is 2.29. The summed E-state index contributed by atoms with van der Waals surface area (Å²) in [6.07, 6.45) is -3.34. The SMILES string of the molecule is CC.CN1C(=O)CCOc2ccccc21.CNC(=O)c1n[nH]c2c1CN(CC(F)(F)F)CC2. The van der Waals surface area contributed by atoms with E-state index >= 15 is 0 Å². The second kappa shape index (κ2) is 11.7. The highest BCUT2D eigenvalue weighted by atomic mass is 19.4. The van der Waals surface area contributed by atoms with E-state index in [-0.39, 0.29) is 24.1 Å². The van der Waals surface area contributed by atoms with Crippen LogP contribution in [0.5, 0.6) is 5.75 Å². The van der Waals surface area contributed by atoms with Crippen molar-refractivity contribution in [2.45, 2.75) is 39.4 Å². The maximum Gasteiger partial charge on any atom is 0.401 e. The van der Waals surface area contributed by atoms with E-state index < -0.39 is 12.7 Å². The van der Waals surface area contributed by atoms with Crippen LogP contribution in [0.15, 0.2) is 24.3 Å². The lowest BCUT2D eigenvalue weighted by atomic mass is 10.1. The molecule has 0 fully saturated rings. The lowest BCUT2D eigenvalue weighted by Gasteiger charge is -2.27. The number of hydrogen-bond acceptors (Lipinski definition) is 5. The van der Waals surface area contributed by atoms with Gasteiger partial charge in [-0.05, 0) is 12.1 Å². The molecule has 4 rings (SSSR count). The van der Waals surface area contributed by atoms with Gasteiger partial charge in [0.15, 0.2) is 5.69 Å². The van der Waals surface area contributed by atoms with Crippen LogP contribution in [0.1, 0.15) is 42.0 Å². The van der Waals surface area contributed by atoms with Gasteiger partial charge in [-0.1, -0.05) is 26.0 Å². The summed E-state index contributed by atoms with van der Waals surface area (Å²) in [5.74, 6) is 0.502. The average molecular weight is 470 g/mol. The molecular weight excluding hydrogens is 439 g/mol. The molecule has 2 aliphatic heterocycles. The van der Waals surface area contributed by atoms with Crippen molar-refractivity contribution in [3.8, 4) is 5.75 Å². The van der Waals surface area contributed by atoms with Gasteiger partial charge in [-0.15, -0.1) is 0 Å². The zero-order valence-corrected chi connectivity index (χ0v) is 19.3. The van der Waals surface area contributed by atoms with E-state index in [0.717, 1.165) is 17.1 Å². The molecule has 0 spiro atoms. The van der Waals surface area contributed by atoms with Crippen molar-refractivity contribution < 1.29 is 27.5 Å². The Bertz CT molecular complexity index is 946. The number of carbonyl (C=O) groups excluding carboxylic acids is 2. The average Bonchev–Trinajstić information content (AvgIpc) is 3.16. The first-order chi connectivity index (χ1) is 15.7. The number of amides is 2. The van der Waals surface area contributed by atoms with Crippen molar-refractivity contribution in [3.05, 3.63) is 41.2 Å². The fraction of sp³-hybridized carbons (Fsp3) is 0.500. The van der Waals surface area contributed by atoms with Gasteiger partial charge in [0, 0.05) is 44.9 Å². The molecule has 0 radical (unpaired) electrons. The Morgan fingerprint density at radius 1 is 1.24 bits per heavy atom. The first-order valence-electron chi connectivity index (χ1n) is 10.7. The zero-order chi connectivity index (χ0) is 24.6. The van der Waals surface area contributed by atoms with Gasteiger partial charge in [0.05, 0.1) is 25.3 Å². The van der Waals surface area contributed by atoms with E-state index in [1.165, 1.54) is 11.9 Å². The molecule has 0 unspecified atom stereocenters. The minimum Gasteiger partial charge on any atom is -0.491 e. The van der Waals surface area contributed by atoms with Crippen LogP contribution in [-0.2, 0) is 17.8 Å². The summed E-state index contributed by atoms with van der Waals surface area (Å²) in [4.78, 5) is 25.8. The maximum absolute atomic E-state index is 12.3. The Morgan fingerprint density at radius 2 is 1.94 bits per heavy atom. The number of carbonyl (C=O) groups is 2. The number of benzene rings is 1. The highest BCUT2D eigenvalue weighted by molar-refractivity contribution is 5.95. The summed E-state index contributed by atoms with van der Waals surface area (Å²) >= 11 is 0. The van der Waals surface area contributed by atoms with Crippen molar-refractivity contribution in [2.24, 2.45) is 0 Å².